The van der Waals surface area contributed by atoms with E-state index in [-0.39, 0.29) is 18.4 Å². The SMILES string of the molecule is Cc1ccc(CN(Cc2ccccc2)C(=O)CN(CCCN2CCOCC2)C(=O)Cc2cccs2)o1. The molecule has 192 valence electrons. The van der Waals surface area contributed by atoms with E-state index < -0.39 is 0 Å². The topological polar surface area (TPSA) is 66.2 Å². The zero-order chi connectivity index (χ0) is 25.2. The molecule has 1 aliphatic rings. The van der Waals surface area contributed by atoms with E-state index in [1.165, 1.54) is 0 Å². The first-order chi connectivity index (χ1) is 17.6. The van der Waals surface area contributed by atoms with Gasteiger partial charge in [-0.1, -0.05) is 36.4 Å². The fourth-order valence-electron chi connectivity index (χ4n) is 4.33. The molecule has 0 unspecified atom stereocenters. The normalized spacial score (nSPS) is 14.0. The van der Waals surface area contributed by atoms with Crippen LogP contribution < -0.4 is 0 Å². The lowest BCUT2D eigenvalue weighted by Gasteiger charge is -2.29. The summed E-state index contributed by atoms with van der Waals surface area (Å²) >= 11 is 1.57. The molecule has 1 fully saturated rings. The Morgan fingerprint density at radius 1 is 0.944 bits per heavy atom. The van der Waals surface area contributed by atoms with Gasteiger partial charge in [-0.15, -0.1) is 11.3 Å². The van der Waals surface area contributed by atoms with Gasteiger partial charge in [0.1, 0.15) is 11.5 Å². The molecule has 0 N–H and O–H groups in total. The predicted octanol–water partition coefficient (Wildman–Crippen LogP) is 3.97. The highest BCUT2D eigenvalue weighted by Gasteiger charge is 2.23. The van der Waals surface area contributed by atoms with Crippen molar-refractivity contribution in [3.63, 3.8) is 0 Å². The van der Waals surface area contributed by atoms with E-state index in [9.17, 15) is 9.59 Å². The van der Waals surface area contributed by atoms with Crippen LogP contribution in [-0.4, -0.2) is 72.5 Å². The summed E-state index contributed by atoms with van der Waals surface area (Å²) in [4.78, 5) is 33.8. The van der Waals surface area contributed by atoms with Gasteiger partial charge in [0.25, 0.3) is 0 Å². The number of furan rings is 1. The highest BCUT2D eigenvalue weighted by atomic mass is 32.1. The van der Waals surface area contributed by atoms with Gasteiger partial charge in [-0.2, -0.15) is 0 Å². The third-order valence-corrected chi connectivity index (χ3v) is 7.18. The molecule has 4 rings (SSSR count). The van der Waals surface area contributed by atoms with Crippen molar-refractivity contribution < 1.29 is 18.7 Å². The van der Waals surface area contributed by atoms with Crippen LogP contribution in [0.25, 0.3) is 0 Å². The third kappa shape index (κ3) is 8.05. The van der Waals surface area contributed by atoms with Gasteiger partial charge in [-0.3, -0.25) is 14.5 Å². The van der Waals surface area contributed by atoms with E-state index in [1.807, 2.05) is 66.9 Å². The van der Waals surface area contributed by atoms with Crippen LogP contribution >= 0.6 is 11.3 Å². The Hall–Kier alpha value is -2.94. The van der Waals surface area contributed by atoms with Gasteiger partial charge >= 0.3 is 0 Å². The van der Waals surface area contributed by atoms with Crippen molar-refractivity contribution in [2.24, 2.45) is 0 Å². The first-order valence-corrected chi connectivity index (χ1v) is 13.4. The number of hydrogen-bond acceptors (Lipinski definition) is 6. The van der Waals surface area contributed by atoms with E-state index in [1.54, 1.807) is 21.1 Å². The fraction of sp³-hybridized carbons (Fsp3) is 0.429. The molecule has 0 radical (unpaired) electrons. The quantitative estimate of drug-likeness (QED) is 0.370. The van der Waals surface area contributed by atoms with Gasteiger partial charge in [-0.05, 0) is 42.5 Å². The second-order valence-electron chi connectivity index (χ2n) is 9.13. The minimum Gasteiger partial charge on any atom is -0.464 e. The van der Waals surface area contributed by atoms with Crippen LogP contribution in [0, 0.1) is 6.92 Å². The highest BCUT2D eigenvalue weighted by molar-refractivity contribution is 7.10. The average Bonchev–Trinajstić information content (AvgIpc) is 3.55. The number of aryl methyl sites for hydroxylation is 1. The molecule has 36 heavy (non-hydrogen) atoms. The summed E-state index contributed by atoms with van der Waals surface area (Å²) in [7, 11) is 0. The second kappa shape index (κ2) is 13.4. The Labute approximate surface area is 217 Å². The Bertz CT molecular complexity index is 1080. The van der Waals surface area contributed by atoms with Gasteiger partial charge in [0.2, 0.25) is 11.8 Å². The van der Waals surface area contributed by atoms with Gasteiger partial charge in [-0.25, -0.2) is 0 Å². The van der Waals surface area contributed by atoms with E-state index in [0.29, 0.717) is 26.1 Å². The summed E-state index contributed by atoms with van der Waals surface area (Å²) in [6, 6.07) is 17.7. The summed E-state index contributed by atoms with van der Waals surface area (Å²) in [5.41, 5.74) is 1.04. The first kappa shape index (κ1) is 26.1. The molecule has 0 spiro atoms. The number of hydrogen-bond donors (Lipinski definition) is 0. The molecule has 2 aromatic heterocycles. The summed E-state index contributed by atoms with van der Waals surface area (Å²) in [5.74, 6) is 1.45. The van der Waals surface area contributed by atoms with Crippen molar-refractivity contribution in [2.45, 2.75) is 32.9 Å². The Morgan fingerprint density at radius 2 is 1.75 bits per heavy atom. The second-order valence-corrected chi connectivity index (χ2v) is 10.2. The van der Waals surface area contributed by atoms with Gasteiger partial charge in [0.05, 0.1) is 32.7 Å². The number of rotatable bonds is 12. The fourth-order valence-corrected chi connectivity index (χ4v) is 5.03. The van der Waals surface area contributed by atoms with Crippen molar-refractivity contribution in [3.05, 3.63) is 81.9 Å². The van der Waals surface area contributed by atoms with Gasteiger partial charge in [0.15, 0.2) is 0 Å². The van der Waals surface area contributed by atoms with Gasteiger partial charge < -0.3 is 19.0 Å². The third-order valence-electron chi connectivity index (χ3n) is 6.30. The molecule has 7 nitrogen and oxygen atoms in total. The van der Waals surface area contributed by atoms with E-state index >= 15 is 0 Å². The smallest absolute Gasteiger partial charge is 0.242 e. The van der Waals surface area contributed by atoms with Crippen LogP contribution in [0.15, 0.2) is 64.4 Å². The molecule has 0 saturated carbocycles. The number of carbonyl (C=O) groups is 2. The summed E-state index contributed by atoms with van der Waals surface area (Å²) in [5, 5.41) is 1.98. The van der Waals surface area contributed by atoms with Crippen molar-refractivity contribution in [3.8, 4) is 0 Å². The number of thiophene rings is 1. The molecule has 1 aliphatic heterocycles. The van der Waals surface area contributed by atoms with Crippen molar-refractivity contribution in [1.29, 1.82) is 0 Å². The van der Waals surface area contributed by atoms with Crippen LogP contribution in [0.2, 0.25) is 0 Å². The molecule has 0 atom stereocenters. The zero-order valence-corrected chi connectivity index (χ0v) is 21.8. The summed E-state index contributed by atoms with van der Waals surface area (Å²) in [6.45, 7) is 7.53. The average molecular weight is 510 g/mol. The number of morpholine rings is 1. The van der Waals surface area contributed by atoms with Crippen molar-refractivity contribution >= 4 is 23.2 Å². The maximum atomic E-state index is 13.6. The highest BCUT2D eigenvalue weighted by Crippen LogP contribution is 2.15. The van der Waals surface area contributed by atoms with Crippen molar-refractivity contribution in [2.75, 3.05) is 45.9 Å². The molecule has 1 aromatic carbocycles. The number of nitrogens with zero attached hydrogens (tertiary/aromatic N) is 3. The molecule has 3 heterocycles. The van der Waals surface area contributed by atoms with E-state index in [2.05, 4.69) is 4.90 Å². The minimum absolute atomic E-state index is 0.0127. The molecule has 2 amide bonds. The first-order valence-electron chi connectivity index (χ1n) is 12.5. The van der Waals surface area contributed by atoms with Crippen molar-refractivity contribution in [1.82, 2.24) is 14.7 Å². The lowest BCUT2D eigenvalue weighted by molar-refractivity contribution is -0.141. The largest absolute Gasteiger partial charge is 0.464 e. The Morgan fingerprint density at radius 3 is 2.44 bits per heavy atom. The van der Waals surface area contributed by atoms with E-state index in [0.717, 1.165) is 61.2 Å². The van der Waals surface area contributed by atoms with Crippen LogP contribution in [0.3, 0.4) is 0 Å². The van der Waals surface area contributed by atoms with E-state index in [4.69, 9.17) is 9.15 Å². The summed E-state index contributed by atoms with van der Waals surface area (Å²) in [6.07, 6.45) is 1.14. The van der Waals surface area contributed by atoms with Crippen LogP contribution in [-0.2, 0) is 33.8 Å². The molecule has 0 bridgehead atoms. The maximum Gasteiger partial charge on any atom is 0.242 e. The predicted molar refractivity (Wildman–Crippen MR) is 141 cm³/mol. The lowest BCUT2D eigenvalue weighted by Crippen LogP contribution is -2.44. The standard InChI is InChI=1S/C28H35N3O4S/c1-23-10-11-25(35-23)21-31(20-24-7-3-2-4-8-24)28(33)22-30(27(32)19-26-9-5-18-36-26)13-6-12-29-14-16-34-17-15-29/h2-5,7-11,18H,6,12-17,19-22H2,1H3. The molecule has 0 aliphatic carbocycles. The summed E-state index contributed by atoms with van der Waals surface area (Å²) < 4.78 is 11.2. The molecular formula is C28H35N3O4S. The monoisotopic (exact) mass is 509 g/mol. The Balaban J connectivity index is 1.44. The number of benzene rings is 1. The Kier molecular flexibility index (Phi) is 9.72. The number of carbonyl (C=O) groups excluding carboxylic acids is 2. The van der Waals surface area contributed by atoms with Crippen LogP contribution in [0.1, 0.15) is 28.4 Å². The molecule has 8 heteroatoms. The number of amides is 2. The zero-order valence-electron chi connectivity index (χ0n) is 20.9. The molecule has 1 saturated heterocycles. The van der Waals surface area contributed by atoms with Gasteiger partial charge in [0, 0.05) is 37.6 Å². The molecular weight excluding hydrogens is 474 g/mol. The number of ether oxygens (including phenoxy) is 1. The lowest BCUT2D eigenvalue weighted by atomic mass is 10.2. The van der Waals surface area contributed by atoms with Crippen LogP contribution in [0.4, 0.5) is 0 Å². The maximum absolute atomic E-state index is 13.6. The minimum atomic E-state index is -0.0844. The van der Waals surface area contributed by atoms with Crippen LogP contribution in [0.5, 0.6) is 0 Å². The molecule has 3 aromatic rings.